The highest BCUT2D eigenvalue weighted by atomic mass is 35.5. The Labute approximate surface area is 183 Å². The lowest BCUT2D eigenvalue weighted by molar-refractivity contribution is -0.385. The first-order valence-corrected chi connectivity index (χ1v) is 10.4. The Bertz CT molecular complexity index is 1050. The number of hydrazine groups is 1. The number of hydrogen-bond donors (Lipinski definition) is 0. The van der Waals surface area contributed by atoms with Gasteiger partial charge in [0.05, 0.1) is 39.5 Å². The molecule has 0 spiro atoms. The molecule has 160 valence electrons. The SMILES string of the molecule is O=C(c1ccccc1Cl)N(Cc1ccccc1[N+](=O)[O-])N1C(=O)[C@H]2CCCC[C@H]2C1=O. The number of carbonyl (C=O) groups is 3. The van der Waals surface area contributed by atoms with E-state index in [2.05, 4.69) is 0 Å². The van der Waals surface area contributed by atoms with Gasteiger partial charge >= 0.3 is 0 Å². The van der Waals surface area contributed by atoms with Crippen molar-refractivity contribution in [1.29, 1.82) is 0 Å². The predicted molar refractivity (Wildman–Crippen MR) is 112 cm³/mol. The molecule has 0 N–H and O–H groups in total. The molecule has 2 aromatic carbocycles. The van der Waals surface area contributed by atoms with Crippen molar-refractivity contribution in [3.05, 3.63) is 74.8 Å². The third-order valence-electron chi connectivity index (χ3n) is 5.91. The summed E-state index contributed by atoms with van der Waals surface area (Å²) < 4.78 is 0. The van der Waals surface area contributed by atoms with E-state index in [9.17, 15) is 24.5 Å². The van der Waals surface area contributed by atoms with Gasteiger partial charge in [0.25, 0.3) is 23.4 Å². The molecule has 0 aromatic heterocycles. The van der Waals surface area contributed by atoms with Gasteiger partial charge in [0, 0.05) is 6.07 Å². The highest BCUT2D eigenvalue weighted by Crippen LogP contribution is 2.39. The molecule has 2 atom stereocenters. The van der Waals surface area contributed by atoms with E-state index in [1.165, 1.54) is 30.3 Å². The second-order valence-corrected chi connectivity index (χ2v) is 8.12. The fourth-order valence-corrected chi connectivity index (χ4v) is 4.59. The molecule has 2 aromatic rings. The zero-order valence-corrected chi connectivity index (χ0v) is 17.3. The van der Waals surface area contributed by atoms with Crippen LogP contribution in [-0.4, -0.2) is 32.7 Å². The number of halogens is 1. The highest BCUT2D eigenvalue weighted by molar-refractivity contribution is 6.33. The molecule has 9 heteroatoms. The van der Waals surface area contributed by atoms with Crippen molar-refractivity contribution in [3.8, 4) is 0 Å². The molecular weight excluding hydrogens is 422 g/mol. The van der Waals surface area contributed by atoms with E-state index in [1.54, 1.807) is 18.2 Å². The molecular formula is C22H20ClN3O5. The molecule has 1 saturated heterocycles. The van der Waals surface area contributed by atoms with Gasteiger partial charge in [0.1, 0.15) is 0 Å². The molecule has 1 saturated carbocycles. The molecule has 0 unspecified atom stereocenters. The molecule has 1 heterocycles. The van der Waals surface area contributed by atoms with E-state index in [0.717, 1.165) is 22.9 Å². The molecule has 2 aliphatic rings. The maximum atomic E-state index is 13.5. The summed E-state index contributed by atoms with van der Waals surface area (Å²) in [5.41, 5.74) is 0.123. The number of hydrogen-bond acceptors (Lipinski definition) is 5. The summed E-state index contributed by atoms with van der Waals surface area (Å²) in [6.07, 6.45) is 2.87. The number of para-hydroxylation sites is 1. The van der Waals surface area contributed by atoms with Crippen LogP contribution in [0.1, 0.15) is 41.6 Å². The first-order chi connectivity index (χ1) is 14.9. The molecule has 1 aliphatic carbocycles. The van der Waals surface area contributed by atoms with Crippen LogP contribution in [0.2, 0.25) is 5.02 Å². The molecule has 0 radical (unpaired) electrons. The third-order valence-corrected chi connectivity index (χ3v) is 6.24. The molecule has 4 rings (SSSR count). The van der Waals surface area contributed by atoms with Crippen LogP contribution in [0.25, 0.3) is 0 Å². The minimum Gasteiger partial charge on any atom is -0.272 e. The Morgan fingerprint density at radius 3 is 2.23 bits per heavy atom. The largest absolute Gasteiger partial charge is 0.274 e. The van der Waals surface area contributed by atoms with Crippen molar-refractivity contribution in [1.82, 2.24) is 10.0 Å². The van der Waals surface area contributed by atoms with Crippen LogP contribution in [-0.2, 0) is 16.1 Å². The first kappa shape index (κ1) is 21.0. The second-order valence-electron chi connectivity index (χ2n) is 7.71. The Kier molecular flexibility index (Phi) is 5.73. The van der Waals surface area contributed by atoms with Crippen LogP contribution in [0.5, 0.6) is 0 Å². The minimum atomic E-state index is -0.663. The quantitative estimate of drug-likeness (QED) is 0.397. The summed E-state index contributed by atoms with van der Waals surface area (Å²) in [5.74, 6) is -2.46. The van der Waals surface area contributed by atoms with Crippen molar-refractivity contribution in [3.63, 3.8) is 0 Å². The Balaban J connectivity index is 1.78. The average Bonchev–Trinajstić information content (AvgIpc) is 3.02. The zero-order valence-electron chi connectivity index (χ0n) is 16.6. The number of benzene rings is 2. The van der Waals surface area contributed by atoms with E-state index in [0.29, 0.717) is 12.8 Å². The van der Waals surface area contributed by atoms with Crippen LogP contribution >= 0.6 is 11.6 Å². The van der Waals surface area contributed by atoms with Gasteiger partial charge in [-0.05, 0) is 25.0 Å². The summed E-state index contributed by atoms with van der Waals surface area (Å²) >= 11 is 6.21. The molecule has 2 fully saturated rings. The number of carbonyl (C=O) groups excluding carboxylic acids is 3. The topological polar surface area (TPSA) is 101 Å². The monoisotopic (exact) mass is 441 g/mol. The van der Waals surface area contributed by atoms with Gasteiger partial charge in [-0.15, -0.1) is 0 Å². The second kappa shape index (κ2) is 8.47. The van der Waals surface area contributed by atoms with Crippen molar-refractivity contribution in [2.45, 2.75) is 32.2 Å². The summed E-state index contributed by atoms with van der Waals surface area (Å²) in [7, 11) is 0. The lowest BCUT2D eigenvalue weighted by Gasteiger charge is -2.30. The van der Waals surface area contributed by atoms with Crippen molar-refractivity contribution in [2.75, 3.05) is 0 Å². The molecule has 1 aliphatic heterocycles. The summed E-state index contributed by atoms with van der Waals surface area (Å²) in [4.78, 5) is 50.7. The zero-order chi connectivity index (χ0) is 22.1. The molecule has 0 bridgehead atoms. The Morgan fingerprint density at radius 1 is 1.03 bits per heavy atom. The summed E-state index contributed by atoms with van der Waals surface area (Å²) in [5, 5.41) is 13.5. The number of amides is 3. The van der Waals surface area contributed by atoms with Gasteiger partial charge in [-0.25, -0.2) is 5.01 Å². The molecule has 3 amide bonds. The minimum absolute atomic E-state index is 0.109. The smallest absolute Gasteiger partial charge is 0.272 e. The number of imide groups is 1. The standard InChI is InChI=1S/C22H20ClN3O5/c23-18-11-5-4-10-17(18)20(27)24(13-14-7-1-6-12-19(14)26(30)31)25-21(28)15-8-2-3-9-16(15)22(25)29/h1,4-7,10-12,15-16H,2-3,8-9,13H2/t15-,16+. The van der Waals surface area contributed by atoms with Crippen LogP contribution < -0.4 is 0 Å². The maximum absolute atomic E-state index is 13.5. The van der Waals surface area contributed by atoms with Crippen molar-refractivity contribution in [2.24, 2.45) is 11.8 Å². The number of nitrogens with zero attached hydrogens (tertiary/aromatic N) is 3. The van der Waals surface area contributed by atoms with Crippen LogP contribution in [0, 0.1) is 22.0 Å². The Morgan fingerprint density at radius 2 is 1.61 bits per heavy atom. The van der Waals surface area contributed by atoms with Gasteiger partial charge in [-0.2, -0.15) is 5.01 Å². The van der Waals surface area contributed by atoms with E-state index >= 15 is 0 Å². The van der Waals surface area contributed by atoms with Gasteiger partial charge in [0.2, 0.25) is 0 Å². The van der Waals surface area contributed by atoms with E-state index in [4.69, 9.17) is 11.6 Å². The van der Waals surface area contributed by atoms with Crippen LogP contribution in [0.4, 0.5) is 5.69 Å². The number of rotatable bonds is 5. The van der Waals surface area contributed by atoms with Gasteiger partial charge in [0.15, 0.2) is 0 Å². The van der Waals surface area contributed by atoms with Gasteiger partial charge < -0.3 is 0 Å². The number of nitro groups is 1. The summed E-state index contributed by atoms with van der Waals surface area (Å²) in [6, 6.07) is 12.3. The number of nitro benzene ring substituents is 1. The summed E-state index contributed by atoms with van der Waals surface area (Å²) in [6.45, 7) is -0.307. The van der Waals surface area contributed by atoms with Crippen LogP contribution in [0.15, 0.2) is 48.5 Å². The van der Waals surface area contributed by atoms with Gasteiger partial charge in [-0.1, -0.05) is 54.8 Å². The van der Waals surface area contributed by atoms with Crippen molar-refractivity contribution >= 4 is 35.0 Å². The molecule has 8 nitrogen and oxygen atoms in total. The third kappa shape index (κ3) is 3.79. The average molecular weight is 442 g/mol. The fraction of sp³-hybridized carbons (Fsp3) is 0.318. The number of fused-ring (bicyclic) bond motifs is 1. The lowest BCUT2D eigenvalue weighted by atomic mass is 9.81. The van der Waals surface area contributed by atoms with Gasteiger partial charge in [-0.3, -0.25) is 24.5 Å². The van der Waals surface area contributed by atoms with E-state index < -0.39 is 34.5 Å². The van der Waals surface area contributed by atoms with E-state index in [-0.39, 0.29) is 28.4 Å². The first-order valence-electron chi connectivity index (χ1n) is 10.1. The fourth-order valence-electron chi connectivity index (χ4n) is 4.37. The normalized spacial score (nSPS) is 20.5. The van der Waals surface area contributed by atoms with Crippen LogP contribution in [0.3, 0.4) is 0 Å². The van der Waals surface area contributed by atoms with Crippen molar-refractivity contribution < 1.29 is 19.3 Å². The lowest BCUT2D eigenvalue weighted by Crippen LogP contribution is -2.50. The molecule has 31 heavy (non-hydrogen) atoms. The predicted octanol–water partition coefficient (Wildman–Crippen LogP) is 3.98. The highest BCUT2D eigenvalue weighted by Gasteiger charge is 2.51. The van der Waals surface area contributed by atoms with E-state index in [1.807, 2.05) is 0 Å². The Hall–Kier alpha value is -3.26. The maximum Gasteiger partial charge on any atom is 0.274 e.